The minimum absolute atomic E-state index is 0.426. The fraction of sp³-hybridized carbons (Fsp3) is 0.0164. The maximum absolute atomic E-state index is 7.00. The third-order valence-electron chi connectivity index (χ3n) is 14.0. The number of rotatable bonds is 4. The Labute approximate surface area is 364 Å². The summed E-state index contributed by atoms with van der Waals surface area (Å²) in [5, 5.41) is 9.27. The molecule has 0 N–H and O–H groups in total. The fourth-order valence-corrected chi connectivity index (χ4v) is 11.4. The van der Waals surface area contributed by atoms with Crippen LogP contribution in [0.15, 0.2) is 229 Å². The molecule has 0 saturated carbocycles. The number of furan rings is 1. The molecule has 0 amide bonds. The number of hydrogen-bond acceptors (Lipinski definition) is 2. The third kappa shape index (κ3) is 4.72. The molecule has 12 aromatic rings. The van der Waals surface area contributed by atoms with Crippen molar-refractivity contribution in [3.05, 3.63) is 247 Å². The largest absolute Gasteiger partial charge is 0.455 e. The van der Waals surface area contributed by atoms with Gasteiger partial charge in [0.25, 0.3) is 0 Å². The van der Waals surface area contributed by atoms with Gasteiger partial charge in [-0.15, -0.1) is 0 Å². The Morgan fingerprint density at radius 3 is 1.48 bits per heavy atom. The van der Waals surface area contributed by atoms with Crippen molar-refractivity contribution in [2.24, 2.45) is 0 Å². The van der Waals surface area contributed by atoms with Gasteiger partial charge in [-0.05, 0) is 131 Å². The van der Waals surface area contributed by atoms with Crippen LogP contribution >= 0.6 is 0 Å². The first-order valence-corrected chi connectivity index (χ1v) is 21.8. The average Bonchev–Trinajstić information content (AvgIpc) is 3.98. The van der Waals surface area contributed by atoms with Gasteiger partial charge in [0.1, 0.15) is 11.2 Å². The van der Waals surface area contributed by atoms with Crippen LogP contribution in [0, 0.1) is 0 Å². The minimum Gasteiger partial charge on any atom is -0.455 e. The highest BCUT2D eigenvalue weighted by atomic mass is 16.3. The maximum Gasteiger partial charge on any atom is 0.143 e. The number of anilines is 3. The molecule has 2 nitrogen and oxygen atoms in total. The summed E-state index contributed by atoms with van der Waals surface area (Å²) in [4.78, 5) is 2.41. The van der Waals surface area contributed by atoms with Crippen LogP contribution in [-0.2, 0) is 5.41 Å². The molecule has 1 spiro atoms. The number of hydrogen-bond donors (Lipinski definition) is 0. The molecule has 292 valence electrons. The summed E-state index contributed by atoms with van der Waals surface area (Å²) < 4.78 is 7.00. The molecule has 0 saturated heterocycles. The van der Waals surface area contributed by atoms with Crippen molar-refractivity contribution < 1.29 is 4.42 Å². The molecule has 1 aromatic heterocycles. The van der Waals surface area contributed by atoms with Crippen LogP contribution in [0.2, 0.25) is 0 Å². The Bertz CT molecular complexity index is 3750. The van der Waals surface area contributed by atoms with E-state index in [2.05, 4.69) is 229 Å². The standard InChI is InChI=1S/C61H37NO/c1-3-16-40-34-43(31-28-38(40)14-1)62(44-32-29-39-15-2-4-17-41(39)35-44)57-26-13-27-58-59(57)52-37-51(45-18-5-6-22-50(45)60(52)63-58)42-30-33-49-48-21-9-12-25-55(48)61(56(49)36-42)53-23-10-7-19-46(53)47-20-8-11-24-54(47)61/h1-37H. The Balaban J connectivity index is 1.04. The van der Waals surface area contributed by atoms with Crippen LogP contribution in [0.1, 0.15) is 22.3 Å². The first kappa shape index (κ1) is 34.5. The van der Waals surface area contributed by atoms with Gasteiger partial charge in [0, 0.05) is 22.1 Å². The molecule has 0 atom stereocenters. The Kier molecular flexibility index (Phi) is 7.07. The number of fused-ring (bicyclic) bond motifs is 17. The molecule has 14 rings (SSSR count). The lowest BCUT2D eigenvalue weighted by atomic mass is 9.70. The first-order chi connectivity index (χ1) is 31.2. The van der Waals surface area contributed by atoms with Crippen LogP contribution in [-0.4, -0.2) is 0 Å². The van der Waals surface area contributed by atoms with E-state index in [1.54, 1.807) is 0 Å². The fourth-order valence-electron chi connectivity index (χ4n) is 11.4. The van der Waals surface area contributed by atoms with E-state index in [9.17, 15) is 0 Å². The first-order valence-electron chi connectivity index (χ1n) is 21.8. The summed E-state index contributed by atoms with van der Waals surface area (Å²) >= 11 is 0. The summed E-state index contributed by atoms with van der Waals surface area (Å²) in [5.74, 6) is 0. The Morgan fingerprint density at radius 2 is 0.857 bits per heavy atom. The highest BCUT2D eigenvalue weighted by Gasteiger charge is 2.51. The van der Waals surface area contributed by atoms with E-state index in [4.69, 9.17) is 4.42 Å². The van der Waals surface area contributed by atoms with Gasteiger partial charge >= 0.3 is 0 Å². The van der Waals surface area contributed by atoms with Gasteiger partial charge in [0.15, 0.2) is 0 Å². The predicted molar refractivity (Wildman–Crippen MR) is 263 cm³/mol. The second-order valence-corrected chi connectivity index (χ2v) is 17.1. The molecular formula is C61H37NO. The van der Waals surface area contributed by atoms with Crippen molar-refractivity contribution in [2.75, 3.05) is 4.90 Å². The monoisotopic (exact) mass is 799 g/mol. The zero-order valence-corrected chi connectivity index (χ0v) is 34.2. The lowest BCUT2D eigenvalue weighted by Crippen LogP contribution is -2.25. The smallest absolute Gasteiger partial charge is 0.143 e. The van der Waals surface area contributed by atoms with Gasteiger partial charge in [-0.25, -0.2) is 0 Å². The average molecular weight is 800 g/mol. The van der Waals surface area contributed by atoms with Gasteiger partial charge < -0.3 is 9.32 Å². The lowest BCUT2D eigenvalue weighted by Gasteiger charge is -2.30. The van der Waals surface area contributed by atoms with Crippen LogP contribution < -0.4 is 4.90 Å². The molecule has 0 aliphatic heterocycles. The van der Waals surface area contributed by atoms with Crippen LogP contribution in [0.25, 0.3) is 87.6 Å². The van der Waals surface area contributed by atoms with Crippen LogP contribution in [0.5, 0.6) is 0 Å². The van der Waals surface area contributed by atoms with E-state index >= 15 is 0 Å². The normalized spacial score (nSPS) is 13.2. The van der Waals surface area contributed by atoms with Crippen molar-refractivity contribution in [3.63, 3.8) is 0 Å². The molecule has 2 aliphatic carbocycles. The van der Waals surface area contributed by atoms with E-state index in [1.807, 2.05) is 0 Å². The lowest BCUT2D eigenvalue weighted by molar-refractivity contribution is 0.672. The minimum atomic E-state index is -0.426. The van der Waals surface area contributed by atoms with Gasteiger partial charge in [-0.2, -0.15) is 0 Å². The van der Waals surface area contributed by atoms with Gasteiger partial charge in [-0.1, -0.05) is 176 Å². The summed E-state index contributed by atoms with van der Waals surface area (Å²) in [6.45, 7) is 0. The Hall–Kier alpha value is -8.20. The number of benzene rings is 11. The zero-order chi connectivity index (χ0) is 41.2. The summed E-state index contributed by atoms with van der Waals surface area (Å²) in [6, 6.07) is 82.8. The van der Waals surface area contributed by atoms with E-state index in [0.717, 1.165) is 44.4 Å². The maximum atomic E-state index is 7.00. The van der Waals surface area contributed by atoms with E-state index < -0.39 is 5.41 Å². The third-order valence-corrected chi connectivity index (χ3v) is 14.0. The van der Waals surface area contributed by atoms with Gasteiger partial charge in [0.2, 0.25) is 0 Å². The molecule has 63 heavy (non-hydrogen) atoms. The zero-order valence-electron chi connectivity index (χ0n) is 34.2. The molecule has 0 unspecified atom stereocenters. The van der Waals surface area contributed by atoms with Crippen LogP contribution in [0.4, 0.5) is 17.1 Å². The van der Waals surface area contributed by atoms with E-state index in [-0.39, 0.29) is 0 Å². The summed E-state index contributed by atoms with van der Waals surface area (Å²) in [5.41, 5.74) is 17.6. The SMILES string of the molecule is c1ccc2c(c1)-c1ccccc1C21c2ccccc2-c2ccc(-c3cc4c(oc5cccc(N(c6ccc7ccccc7c6)c6ccc7ccccc7c6)c54)c4ccccc34)cc21. The molecule has 2 heteroatoms. The highest BCUT2D eigenvalue weighted by molar-refractivity contribution is 6.23. The van der Waals surface area contributed by atoms with Crippen molar-refractivity contribution >= 4 is 71.3 Å². The van der Waals surface area contributed by atoms with Crippen molar-refractivity contribution in [2.45, 2.75) is 5.41 Å². The predicted octanol–water partition coefficient (Wildman–Crippen LogP) is 16.5. The van der Waals surface area contributed by atoms with Gasteiger partial charge in [0.05, 0.1) is 16.5 Å². The van der Waals surface area contributed by atoms with Crippen LogP contribution in [0.3, 0.4) is 0 Å². The van der Waals surface area contributed by atoms with Crippen molar-refractivity contribution in [3.8, 4) is 33.4 Å². The molecule has 1 heterocycles. The highest BCUT2D eigenvalue weighted by Crippen LogP contribution is 2.63. The molecule has 0 radical (unpaired) electrons. The second kappa shape index (κ2) is 12.9. The molecule has 11 aromatic carbocycles. The van der Waals surface area contributed by atoms with Crippen molar-refractivity contribution in [1.82, 2.24) is 0 Å². The van der Waals surface area contributed by atoms with E-state index in [1.165, 1.54) is 82.6 Å². The second-order valence-electron chi connectivity index (χ2n) is 17.1. The van der Waals surface area contributed by atoms with Crippen molar-refractivity contribution in [1.29, 1.82) is 0 Å². The summed E-state index contributed by atoms with van der Waals surface area (Å²) in [7, 11) is 0. The quantitative estimate of drug-likeness (QED) is 0.176. The van der Waals surface area contributed by atoms with E-state index in [0.29, 0.717) is 0 Å². The molecule has 2 aliphatic rings. The molecule has 0 fully saturated rings. The van der Waals surface area contributed by atoms with Gasteiger partial charge in [-0.3, -0.25) is 0 Å². The molecular weight excluding hydrogens is 763 g/mol. The summed E-state index contributed by atoms with van der Waals surface area (Å²) in [6.07, 6.45) is 0. The Morgan fingerprint density at radius 1 is 0.333 bits per heavy atom. The molecule has 0 bridgehead atoms. The topological polar surface area (TPSA) is 16.4 Å². The number of nitrogens with zero attached hydrogens (tertiary/aromatic N) is 1.